The summed E-state index contributed by atoms with van der Waals surface area (Å²) in [4.78, 5) is 27.8. The number of rotatable bonds is 10. The number of likely N-dealkylation sites (tertiary alicyclic amines) is 2. The molecule has 2 aliphatic heterocycles. The molecule has 0 aromatic heterocycles. The molecule has 0 saturated carbocycles. The Labute approximate surface area is 275 Å². The number of carboxylic acid groups (broad SMARTS) is 2. The fourth-order valence-electron chi connectivity index (χ4n) is 6.02. The summed E-state index contributed by atoms with van der Waals surface area (Å²) < 4.78 is 1.21. The molecular formula is C35H45IN4O4. The van der Waals surface area contributed by atoms with Crippen molar-refractivity contribution in [3.63, 3.8) is 0 Å². The van der Waals surface area contributed by atoms with Gasteiger partial charge in [0.15, 0.2) is 0 Å². The lowest BCUT2D eigenvalue weighted by Gasteiger charge is -2.39. The summed E-state index contributed by atoms with van der Waals surface area (Å²) in [6, 6.07) is 29.9. The van der Waals surface area contributed by atoms with E-state index in [1.165, 1.54) is 26.0 Å². The molecule has 8 nitrogen and oxygen atoms in total. The third-order valence-corrected chi connectivity index (χ3v) is 9.03. The molecule has 2 heterocycles. The Morgan fingerprint density at radius 1 is 0.795 bits per heavy atom. The van der Waals surface area contributed by atoms with Crippen molar-refractivity contribution >= 4 is 40.5 Å². The average Bonchev–Trinajstić information content (AvgIpc) is 3.04. The van der Waals surface area contributed by atoms with Crippen LogP contribution in [0, 0.1) is 3.57 Å². The first kappa shape index (κ1) is 33.6. The van der Waals surface area contributed by atoms with Crippen LogP contribution in [0.5, 0.6) is 0 Å². The Morgan fingerprint density at radius 3 is 1.91 bits per heavy atom. The van der Waals surface area contributed by atoms with Gasteiger partial charge in [0.2, 0.25) is 0 Å². The van der Waals surface area contributed by atoms with Gasteiger partial charge in [-0.3, -0.25) is 4.90 Å². The smallest absolute Gasteiger partial charge is 0.407 e. The maximum atomic E-state index is 11.9. The molecule has 5 rings (SSSR count). The van der Waals surface area contributed by atoms with Crippen molar-refractivity contribution in [2.45, 2.75) is 70.1 Å². The zero-order chi connectivity index (χ0) is 31.1. The second kappa shape index (κ2) is 17.9. The predicted molar refractivity (Wildman–Crippen MR) is 184 cm³/mol. The molecule has 44 heavy (non-hydrogen) atoms. The molecule has 2 fully saturated rings. The highest BCUT2D eigenvalue weighted by molar-refractivity contribution is 14.1. The third-order valence-electron chi connectivity index (χ3n) is 8.31. The van der Waals surface area contributed by atoms with E-state index in [1.54, 1.807) is 4.90 Å². The highest BCUT2D eigenvalue weighted by Crippen LogP contribution is 2.25. The van der Waals surface area contributed by atoms with E-state index in [0.717, 1.165) is 76.9 Å². The number of anilines is 1. The maximum absolute atomic E-state index is 11.9. The molecule has 3 aromatic carbocycles. The Kier molecular flexibility index (Phi) is 13.6. The molecule has 0 aliphatic carbocycles. The van der Waals surface area contributed by atoms with Crippen LogP contribution in [0.4, 0.5) is 15.3 Å². The van der Waals surface area contributed by atoms with Crippen LogP contribution in [0.3, 0.4) is 0 Å². The average molecular weight is 713 g/mol. The second-order valence-corrected chi connectivity index (χ2v) is 12.9. The van der Waals surface area contributed by atoms with Crippen molar-refractivity contribution < 1.29 is 19.8 Å². The third kappa shape index (κ3) is 11.3. The van der Waals surface area contributed by atoms with Gasteiger partial charge in [0.25, 0.3) is 0 Å². The molecule has 2 amide bonds. The van der Waals surface area contributed by atoms with Crippen LogP contribution in [-0.2, 0) is 13.1 Å². The standard InChI is InChI=1S/C29H34IN3O2.C6H11NO2/c30-25-13-15-26(16-14-25)31-27-17-19-33(29(34)35)28(20-27)12-7-18-32(21-23-8-3-1-4-9-23)22-24-10-5-2-6-11-24;8-6(9)7-4-2-1-3-5-7/h1-6,8-11,13-16,27-28,31H,7,12,17-22H2,(H,34,35);1-5H2,(H,8,9)/t27?,28-;/m0./s1. The number of piperidine rings is 2. The van der Waals surface area contributed by atoms with Crippen molar-refractivity contribution in [1.29, 1.82) is 0 Å². The van der Waals surface area contributed by atoms with E-state index in [1.807, 2.05) is 0 Å². The number of nitrogens with one attached hydrogen (secondary N) is 1. The van der Waals surface area contributed by atoms with Crippen LogP contribution in [0.25, 0.3) is 0 Å². The number of nitrogens with zero attached hydrogens (tertiary/aromatic N) is 3. The first-order valence-electron chi connectivity index (χ1n) is 15.7. The Bertz CT molecular complexity index is 1230. The molecule has 0 spiro atoms. The van der Waals surface area contributed by atoms with E-state index < -0.39 is 12.2 Å². The fourth-order valence-corrected chi connectivity index (χ4v) is 6.38. The van der Waals surface area contributed by atoms with E-state index in [2.05, 4.69) is 118 Å². The van der Waals surface area contributed by atoms with Crippen LogP contribution in [0.1, 0.15) is 56.1 Å². The second-order valence-electron chi connectivity index (χ2n) is 11.7. The molecule has 9 heteroatoms. The Hall–Kier alpha value is -3.31. The van der Waals surface area contributed by atoms with Crippen LogP contribution < -0.4 is 5.32 Å². The minimum atomic E-state index is -0.798. The van der Waals surface area contributed by atoms with Gasteiger partial charge in [-0.25, -0.2) is 9.59 Å². The van der Waals surface area contributed by atoms with Crippen LogP contribution in [0.15, 0.2) is 84.9 Å². The number of carbonyl (C=O) groups is 2. The summed E-state index contributed by atoms with van der Waals surface area (Å²) in [6.45, 7) is 4.76. The van der Waals surface area contributed by atoms with Gasteiger partial charge >= 0.3 is 12.2 Å². The van der Waals surface area contributed by atoms with Gasteiger partial charge in [0.05, 0.1) is 0 Å². The number of hydrogen-bond acceptors (Lipinski definition) is 4. The number of amides is 2. The molecule has 3 aromatic rings. The zero-order valence-electron chi connectivity index (χ0n) is 25.4. The summed E-state index contributed by atoms with van der Waals surface area (Å²) in [5.74, 6) is 0. The van der Waals surface area contributed by atoms with Gasteiger partial charge in [0, 0.05) is 54.1 Å². The first-order chi connectivity index (χ1) is 21.4. The van der Waals surface area contributed by atoms with Crippen LogP contribution in [-0.4, -0.2) is 75.4 Å². The van der Waals surface area contributed by atoms with Gasteiger partial charge in [-0.1, -0.05) is 60.7 Å². The van der Waals surface area contributed by atoms with E-state index in [4.69, 9.17) is 5.11 Å². The van der Waals surface area contributed by atoms with E-state index in [9.17, 15) is 14.7 Å². The number of benzene rings is 3. The fraction of sp³-hybridized carbons (Fsp3) is 0.429. The number of halogens is 1. The molecular weight excluding hydrogens is 667 g/mol. The van der Waals surface area contributed by atoms with E-state index >= 15 is 0 Å². The van der Waals surface area contributed by atoms with E-state index in [0.29, 0.717) is 12.6 Å². The van der Waals surface area contributed by atoms with E-state index in [-0.39, 0.29) is 6.04 Å². The highest BCUT2D eigenvalue weighted by atomic mass is 127. The summed E-state index contributed by atoms with van der Waals surface area (Å²) in [6.07, 6.45) is 5.20. The molecule has 3 N–H and O–H groups in total. The lowest BCUT2D eigenvalue weighted by Crippen LogP contribution is -2.49. The first-order valence-corrected chi connectivity index (χ1v) is 16.7. The van der Waals surface area contributed by atoms with Crippen LogP contribution in [0.2, 0.25) is 0 Å². The summed E-state index contributed by atoms with van der Waals surface area (Å²) >= 11 is 2.31. The zero-order valence-corrected chi connectivity index (χ0v) is 27.5. The normalized spacial score (nSPS) is 18.3. The predicted octanol–water partition coefficient (Wildman–Crippen LogP) is 7.85. The largest absolute Gasteiger partial charge is 0.465 e. The number of hydrogen-bond donors (Lipinski definition) is 3. The minimum Gasteiger partial charge on any atom is -0.465 e. The molecule has 2 atom stereocenters. The monoisotopic (exact) mass is 712 g/mol. The maximum Gasteiger partial charge on any atom is 0.407 e. The quantitative estimate of drug-likeness (QED) is 0.186. The highest BCUT2D eigenvalue weighted by Gasteiger charge is 2.31. The molecule has 0 bridgehead atoms. The minimum absolute atomic E-state index is 0.0397. The summed E-state index contributed by atoms with van der Waals surface area (Å²) in [5.41, 5.74) is 3.71. The Morgan fingerprint density at radius 2 is 1.39 bits per heavy atom. The van der Waals surface area contributed by atoms with Gasteiger partial charge in [-0.05, 0) is 109 Å². The van der Waals surface area contributed by atoms with Crippen LogP contribution >= 0.6 is 22.6 Å². The summed E-state index contributed by atoms with van der Waals surface area (Å²) in [5, 5.41) is 21.9. The topological polar surface area (TPSA) is 96.3 Å². The summed E-state index contributed by atoms with van der Waals surface area (Å²) in [7, 11) is 0. The molecule has 236 valence electrons. The van der Waals surface area contributed by atoms with Crippen molar-refractivity contribution in [3.8, 4) is 0 Å². The van der Waals surface area contributed by atoms with Gasteiger partial charge in [-0.15, -0.1) is 0 Å². The molecule has 1 unspecified atom stereocenters. The molecule has 0 radical (unpaired) electrons. The molecule has 2 saturated heterocycles. The SMILES string of the molecule is O=C(O)N1CCC(Nc2ccc(I)cc2)C[C@@H]1CCCN(Cc1ccccc1)Cc1ccccc1.O=C(O)N1CCCCC1. The van der Waals surface area contributed by atoms with Gasteiger partial charge in [-0.2, -0.15) is 0 Å². The Balaban J connectivity index is 0.000000421. The van der Waals surface area contributed by atoms with Gasteiger partial charge < -0.3 is 25.3 Å². The molecule has 2 aliphatic rings. The van der Waals surface area contributed by atoms with Crippen molar-refractivity contribution in [3.05, 3.63) is 99.6 Å². The van der Waals surface area contributed by atoms with Crippen molar-refractivity contribution in [1.82, 2.24) is 14.7 Å². The van der Waals surface area contributed by atoms with Crippen molar-refractivity contribution in [2.24, 2.45) is 0 Å². The lowest BCUT2D eigenvalue weighted by molar-refractivity contribution is 0.0972. The van der Waals surface area contributed by atoms with Crippen molar-refractivity contribution in [2.75, 3.05) is 31.5 Å². The lowest BCUT2D eigenvalue weighted by atomic mass is 9.93. The van der Waals surface area contributed by atoms with Gasteiger partial charge in [0.1, 0.15) is 0 Å².